The van der Waals surface area contributed by atoms with Crippen LogP contribution < -0.4 is 0 Å². The molecule has 1 rings (SSSR count). The van der Waals surface area contributed by atoms with Gasteiger partial charge in [-0.2, -0.15) is 5.10 Å². The Morgan fingerprint density at radius 2 is 2.12 bits per heavy atom. The van der Waals surface area contributed by atoms with Gasteiger partial charge in [-0.15, -0.1) is 0 Å². The summed E-state index contributed by atoms with van der Waals surface area (Å²) in [5.41, 5.74) is 1.20. The van der Waals surface area contributed by atoms with Gasteiger partial charge in [0.2, 0.25) is 0 Å². The van der Waals surface area contributed by atoms with Gasteiger partial charge in [-0.05, 0) is 36.2 Å². The molecule has 0 aliphatic rings. The molecule has 1 atom stereocenters. The minimum Gasteiger partial charge on any atom is -0.387 e. The van der Waals surface area contributed by atoms with Crippen molar-refractivity contribution in [3.8, 4) is 0 Å². The van der Waals surface area contributed by atoms with Crippen LogP contribution >= 0.6 is 15.9 Å². The summed E-state index contributed by atoms with van der Waals surface area (Å²) in [6, 6.07) is 0. The van der Waals surface area contributed by atoms with E-state index in [-0.39, 0.29) is 0 Å². The van der Waals surface area contributed by atoms with Crippen molar-refractivity contribution in [1.29, 1.82) is 0 Å². The summed E-state index contributed by atoms with van der Waals surface area (Å²) < 4.78 is 7.98. The topological polar surface area (TPSA) is 47.3 Å². The molecule has 0 radical (unpaired) electrons. The second-order valence-corrected chi connectivity index (χ2v) is 5.28. The van der Waals surface area contributed by atoms with Gasteiger partial charge in [0.05, 0.1) is 28.1 Å². The van der Waals surface area contributed by atoms with E-state index in [1.54, 1.807) is 14.0 Å². The Bertz CT molecular complexity index is 375. The Kier molecular flexibility index (Phi) is 5.16. The molecule has 17 heavy (non-hydrogen) atoms. The second-order valence-electron chi connectivity index (χ2n) is 4.48. The lowest BCUT2D eigenvalue weighted by Crippen LogP contribution is -2.33. The molecular formula is C12H21BrN2O2. The van der Waals surface area contributed by atoms with Crippen molar-refractivity contribution >= 4 is 15.9 Å². The monoisotopic (exact) mass is 304 g/mol. The third-order valence-electron chi connectivity index (χ3n) is 2.70. The fraction of sp³-hybridized carbons (Fsp3) is 0.750. The van der Waals surface area contributed by atoms with Crippen LogP contribution in [0, 0.1) is 0 Å². The number of rotatable bonds is 6. The quantitative estimate of drug-likeness (QED) is 0.876. The summed E-state index contributed by atoms with van der Waals surface area (Å²) >= 11 is 3.57. The van der Waals surface area contributed by atoms with Crippen LogP contribution in [-0.4, -0.2) is 34.2 Å². The molecule has 0 aliphatic carbocycles. The summed E-state index contributed by atoms with van der Waals surface area (Å²) in [5, 5.41) is 14.7. The summed E-state index contributed by atoms with van der Waals surface area (Å²) in [6.07, 6.45) is 1.41. The summed E-state index contributed by atoms with van der Waals surface area (Å²) in [6.45, 7) is 7.02. The van der Waals surface area contributed by atoms with Crippen molar-refractivity contribution in [2.24, 2.45) is 0 Å². The van der Waals surface area contributed by atoms with E-state index in [2.05, 4.69) is 28.0 Å². The van der Waals surface area contributed by atoms with E-state index in [1.165, 1.54) is 0 Å². The normalized spacial score (nSPS) is 14.9. The number of hydrogen-bond acceptors (Lipinski definition) is 3. The molecule has 0 aliphatic heterocycles. The molecule has 1 unspecified atom stereocenters. The first kappa shape index (κ1) is 14.7. The molecule has 0 amide bonds. The lowest BCUT2D eigenvalue weighted by atomic mass is 10.0. The lowest BCUT2D eigenvalue weighted by molar-refractivity contribution is -0.0175. The lowest BCUT2D eigenvalue weighted by Gasteiger charge is -2.22. The highest BCUT2D eigenvalue weighted by atomic mass is 79.9. The number of aromatic nitrogens is 2. The minimum absolute atomic E-state index is 0.315. The van der Waals surface area contributed by atoms with Crippen molar-refractivity contribution in [1.82, 2.24) is 9.78 Å². The molecule has 0 fully saturated rings. The van der Waals surface area contributed by atoms with Crippen LogP contribution in [0.3, 0.4) is 0 Å². The van der Waals surface area contributed by atoms with Crippen LogP contribution in [0.4, 0.5) is 0 Å². The predicted molar refractivity (Wildman–Crippen MR) is 71.2 cm³/mol. The van der Waals surface area contributed by atoms with Crippen LogP contribution in [0.5, 0.6) is 0 Å². The molecular weight excluding hydrogens is 284 g/mol. The van der Waals surface area contributed by atoms with Crippen LogP contribution in [0.2, 0.25) is 0 Å². The highest BCUT2D eigenvalue weighted by Crippen LogP contribution is 2.26. The maximum atomic E-state index is 10.2. The van der Waals surface area contributed by atoms with Crippen molar-refractivity contribution in [2.45, 2.75) is 45.8 Å². The first-order valence-corrected chi connectivity index (χ1v) is 6.69. The van der Waals surface area contributed by atoms with Gasteiger partial charge < -0.3 is 9.84 Å². The van der Waals surface area contributed by atoms with Gasteiger partial charge in [-0.1, -0.05) is 6.92 Å². The number of methoxy groups -OCH3 is 1. The van der Waals surface area contributed by atoms with Gasteiger partial charge >= 0.3 is 0 Å². The molecule has 0 spiro atoms. The minimum atomic E-state index is -0.866. The fourth-order valence-corrected chi connectivity index (χ4v) is 2.61. The van der Waals surface area contributed by atoms with Gasteiger partial charge in [0.25, 0.3) is 0 Å². The van der Waals surface area contributed by atoms with E-state index in [1.807, 2.05) is 11.6 Å². The summed E-state index contributed by atoms with van der Waals surface area (Å²) in [7, 11) is 1.60. The summed E-state index contributed by atoms with van der Waals surface area (Å²) in [5.74, 6) is 0. The number of hydrogen-bond donors (Lipinski definition) is 1. The summed E-state index contributed by atoms with van der Waals surface area (Å²) in [4.78, 5) is 0. The Balaban J connectivity index is 3.00. The predicted octanol–water partition coefficient (Wildman–Crippen LogP) is 2.17. The van der Waals surface area contributed by atoms with Crippen LogP contribution in [0.15, 0.2) is 4.47 Å². The smallest absolute Gasteiger partial charge is 0.0907 e. The standard InChI is InChI=1S/C12H21BrN2O2/c1-5-9-11(13)10(15(6-2)14-9)7-12(3,16)8-17-4/h16H,5-8H2,1-4H3. The van der Waals surface area contributed by atoms with Crippen molar-refractivity contribution < 1.29 is 9.84 Å². The number of halogens is 1. The van der Waals surface area contributed by atoms with Crippen molar-refractivity contribution in [2.75, 3.05) is 13.7 Å². The molecule has 1 aromatic heterocycles. The molecule has 0 saturated carbocycles. The van der Waals surface area contributed by atoms with Gasteiger partial charge in [0, 0.05) is 20.1 Å². The van der Waals surface area contributed by atoms with E-state index in [0.29, 0.717) is 13.0 Å². The average molecular weight is 305 g/mol. The van der Waals surface area contributed by atoms with Crippen LogP contribution in [0.1, 0.15) is 32.2 Å². The van der Waals surface area contributed by atoms with E-state index in [4.69, 9.17) is 4.74 Å². The first-order chi connectivity index (χ1) is 7.95. The third kappa shape index (κ3) is 3.53. The second kappa shape index (κ2) is 5.98. The van der Waals surface area contributed by atoms with Crippen LogP contribution in [0.25, 0.3) is 0 Å². The average Bonchev–Trinajstić information content (AvgIpc) is 2.55. The third-order valence-corrected chi connectivity index (χ3v) is 3.61. The highest BCUT2D eigenvalue weighted by molar-refractivity contribution is 9.10. The molecule has 0 saturated heterocycles. The fourth-order valence-electron chi connectivity index (χ4n) is 1.91. The first-order valence-electron chi connectivity index (χ1n) is 5.90. The van der Waals surface area contributed by atoms with E-state index in [0.717, 1.165) is 28.8 Å². The Labute approximate surface area is 111 Å². The van der Waals surface area contributed by atoms with Crippen molar-refractivity contribution in [3.63, 3.8) is 0 Å². The molecule has 98 valence electrons. The number of aliphatic hydroxyl groups is 1. The van der Waals surface area contributed by atoms with Gasteiger partial charge in [0.15, 0.2) is 0 Å². The van der Waals surface area contributed by atoms with Crippen molar-refractivity contribution in [3.05, 3.63) is 15.9 Å². The van der Waals surface area contributed by atoms with E-state index < -0.39 is 5.60 Å². The van der Waals surface area contributed by atoms with Gasteiger partial charge in [-0.25, -0.2) is 0 Å². The zero-order chi connectivity index (χ0) is 13.1. The number of ether oxygens (including phenoxy) is 1. The van der Waals surface area contributed by atoms with E-state index in [9.17, 15) is 5.11 Å². The molecule has 4 nitrogen and oxygen atoms in total. The molecule has 0 bridgehead atoms. The highest BCUT2D eigenvalue weighted by Gasteiger charge is 2.25. The Hall–Kier alpha value is -0.390. The Morgan fingerprint density at radius 3 is 2.59 bits per heavy atom. The molecule has 5 heteroatoms. The molecule has 0 aromatic carbocycles. The van der Waals surface area contributed by atoms with E-state index >= 15 is 0 Å². The number of nitrogens with zero attached hydrogens (tertiary/aromatic N) is 2. The van der Waals surface area contributed by atoms with Gasteiger partial charge in [0.1, 0.15) is 0 Å². The maximum Gasteiger partial charge on any atom is 0.0907 e. The Morgan fingerprint density at radius 1 is 1.47 bits per heavy atom. The van der Waals surface area contributed by atoms with Gasteiger partial charge in [-0.3, -0.25) is 4.68 Å². The SMILES string of the molecule is CCc1nn(CC)c(CC(C)(O)COC)c1Br. The number of aryl methyl sites for hydroxylation is 2. The zero-order valence-corrected chi connectivity index (χ0v) is 12.5. The molecule has 1 aromatic rings. The maximum absolute atomic E-state index is 10.2. The molecule has 1 N–H and O–H groups in total. The molecule has 1 heterocycles. The van der Waals surface area contributed by atoms with Crippen LogP contribution in [-0.2, 0) is 24.1 Å². The largest absolute Gasteiger partial charge is 0.387 e. The zero-order valence-electron chi connectivity index (χ0n) is 11.0.